The summed E-state index contributed by atoms with van der Waals surface area (Å²) in [5.74, 6) is 0.0137. The van der Waals surface area contributed by atoms with Crippen LogP contribution in [0.1, 0.15) is 26.7 Å². The highest BCUT2D eigenvalue weighted by Gasteiger charge is 2.14. The number of anilines is 2. The Bertz CT molecular complexity index is 618. The number of halogens is 3. The summed E-state index contributed by atoms with van der Waals surface area (Å²) in [5, 5.41) is 14.1. The molecule has 1 heterocycles. The summed E-state index contributed by atoms with van der Waals surface area (Å²) >= 11 is 9.21. The predicted octanol–water partition coefficient (Wildman–Crippen LogP) is 4.26. The summed E-state index contributed by atoms with van der Waals surface area (Å²) in [4.78, 5) is 0. The molecule has 0 atom stereocenters. The summed E-state index contributed by atoms with van der Waals surface area (Å²) in [5.41, 5.74) is 0.419. The average Bonchev–Trinajstić information content (AvgIpc) is 2.78. The van der Waals surface area contributed by atoms with E-state index in [1.165, 1.54) is 12.1 Å². The highest BCUT2D eigenvalue weighted by Crippen LogP contribution is 2.33. The van der Waals surface area contributed by atoms with Crippen molar-refractivity contribution >= 4 is 39.2 Å². The summed E-state index contributed by atoms with van der Waals surface area (Å²) in [7, 11) is 0. The first-order valence-electron chi connectivity index (χ1n) is 6.23. The normalized spacial score (nSPS) is 11.7. The van der Waals surface area contributed by atoms with Crippen LogP contribution in [0.5, 0.6) is 0 Å². The number of hydrogen-bond donors (Lipinski definition) is 2. The fourth-order valence-corrected chi connectivity index (χ4v) is 2.38. The van der Waals surface area contributed by atoms with Crippen molar-refractivity contribution in [2.45, 2.75) is 32.9 Å². The van der Waals surface area contributed by atoms with Crippen LogP contribution in [0, 0.1) is 5.82 Å². The Morgan fingerprint density at radius 1 is 1.33 bits per heavy atom. The molecule has 0 aliphatic heterocycles. The Hall–Kier alpha value is -1.18. The van der Waals surface area contributed by atoms with Gasteiger partial charge in [0.05, 0.1) is 17.3 Å². The fourth-order valence-electron chi connectivity index (χ4n) is 1.48. The maximum atomic E-state index is 13.2. The summed E-state index contributed by atoms with van der Waals surface area (Å²) < 4.78 is 19.1. The first kappa shape index (κ1) is 16.2. The maximum absolute atomic E-state index is 13.2. The maximum Gasteiger partial charge on any atom is 0.320 e. The van der Waals surface area contributed by atoms with Gasteiger partial charge in [-0.3, -0.25) is 0 Å². The Balaban J connectivity index is 2.10. The van der Waals surface area contributed by atoms with Crippen LogP contribution < -0.4 is 10.6 Å². The van der Waals surface area contributed by atoms with Gasteiger partial charge in [0.2, 0.25) is 5.89 Å². The summed E-state index contributed by atoms with van der Waals surface area (Å²) in [6.07, 6.45) is 0. The van der Waals surface area contributed by atoms with E-state index < -0.39 is 5.82 Å². The highest BCUT2D eigenvalue weighted by atomic mass is 79.9. The molecule has 0 spiro atoms. The first-order chi connectivity index (χ1) is 9.74. The van der Waals surface area contributed by atoms with E-state index in [9.17, 15) is 4.39 Å². The van der Waals surface area contributed by atoms with Gasteiger partial charge in [-0.2, -0.15) is 0 Å². The molecule has 1 aromatic heterocycles. The van der Waals surface area contributed by atoms with Gasteiger partial charge in [0.15, 0.2) is 0 Å². The quantitative estimate of drug-likeness (QED) is 0.834. The summed E-state index contributed by atoms with van der Waals surface area (Å²) in [6, 6.07) is 2.69. The molecular formula is C13H15BrClFN4O. The molecule has 0 saturated carbocycles. The van der Waals surface area contributed by atoms with Crippen LogP contribution in [0.4, 0.5) is 16.1 Å². The molecule has 0 saturated heterocycles. The lowest BCUT2D eigenvalue weighted by Crippen LogP contribution is -2.35. The third-order valence-electron chi connectivity index (χ3n) is 2.48. The minimum Gasteiger partial charge on any atom is -0.406 e. The SMILES string of the molecule is CC(C)(C)NCc1nnc(Nc2c(Cl)cc(F)cc2Br)o1. The second-order valence-corrected chi connectivity index (χ2v) is 6.74. The summed E-state index contributed by atoms with van der Waals surface area (Å²) in [6.45, 7) is 6.57. The van der Waals surface area contributed by atoms with Gasteiger partial charge in [-0.15, -0.1) is 5.10 Å². The van der Waals surface area contributed by atoms with Crippen LogP contribution in [0.2, 0.25) is 5.02 Å². The topological polar surface area (TPSA) is 63.0 Å². The molecular weight excluding hydrogens is 363 g/mol. The van der Waals surface area contributed by atoms with Gasteiger partial charge in [-0.25, -0.2) is 4.39 Å². The highest BCUT2D eigenvalue weighted by molar-refractivity contribution is 9.10. The Morgan fingerprint density at radius 2 is 2.05 bits per heavy atom. The Morgan fingerprint density at radius 3 is 2.67 bits per heavy atom. The minimum atomic E-state index is -0.432. The number of hydrogen-bond acceptors (Lipinski definition) is 5. The van der Waals surface area contributed by atoms with E-state index in [-0.39, 0.29) is 16.6 Å². The largest absolute Gasteiger partial charge is 0.406 e. The molecule has 5 nitrogen and oxygen atoms in total. The molecule has 2 rings (SSSR count). The zero-order valence-electron chi connectivity index (χ0n) is 11.8. The minimum absolute atomic E-state index is 0.0502. The molecule has 0 fully saturated rings. The van der Waals surface area contributed by atoms with Crippen LogP contribution in [0.3, 0.4) is 0 Å². The van der Waals surface area contributed by atoms with Crippen molar-refractivity contribution in [1.29, 1.82) is 0 Å². The third-order valence-corrected chi connectivity index (χ3v) is 3.40. The number of nitrogens with zero attached hydrogens (tertiary/aromatic N) is 2. The third kappa shape index (κ3) is 4.66. The number of aromatic nitrogens is 2. The smallest absolute Gasteiger partial charge is 0.320 e. The van der Waals surface area contributed by atoms with Crippen molar-refractivity contribution in [3.8, 4) is 0 Å². The van der Waals surface area contributed by atoms with Crippen molar-refractivity contribution in [3.05, 3.63) is 33.3 Å². The van der Waals surface area contributed by atoms with Gasteiger partial charge >= 0.3 is 6.01 Å². The zero-order valence-corrected chi connectivity index (χ0v) is 14.1. The van der Waals surface area contributed by atoms with E-state index in [0.29, 0.717) is 22.6 Å². The molecule has 0 unspecified atom stereocenters. The molecule has 1 aromatic carbocycles. The number of nitrogens with one attached hydrogen (secondary N) is 2. The number of rotatable bonds is 4. The zero-order chi connectivity index (χ0) is 15.6. The molecule has 0 bridgehead atoms. The van der Waals surface area contributed by atoms with Gasteiger partial charge in [-0.1, -0.05) is 16.7 Å². The van der Waals surface area contributed by atoms with Crippen LogP contribution in [-0.4, -0.2) is 15.7 Å². The van der Waals surface area contributed by atoms with E-state index >= 15 is 0 Å². The molecule has 21 heavy (non-hydrogen) atoms. The second kappa shape index (κ2) is 6.29. The van der Waals surface area contributed by atoms with Crippen molar-refractivity contribution in [2.24, 2.45) is 0 Å². The van der Waals surface area contributed by atoms with E-state index in [0.717, 1.165) is 0 Å². The molecule has 2 aromatic rings. The molecule has 2 N–H and O–H groups in total. The van der Waals surface area contributed by atoms with Gasteiger partial charge in [0, 0.05) is 10.0 Å². The predicted molar refractivity (Wildman–Crippen MR) is 83.3 cm³/mol. The first-order valence-corrected chi connectivity index (χ1v) is 7.41. The van der Waals surface area contributed by atoms with Gasteiger partial charge in [0.1, 0.15) is 5.82 Å². The van der Waals surface area contributed by atoms with Gasteiger partial charge < -0.3 is 15.1 Å². The second-order valence-electron chi connectivity index (χ2n) is 5.47. The molecule has 8 heteroatoms. The van der Waals surface area contributed by atoms with E-state index in [4.69, 9.17) is 16.0 Å². The van der Waals surface area contributed by atoms with Crippen LogP contribution in [0.15, 0.2) is 21.0 Å². The van der Waals surface area contributed by atoms with Gasteiger partial charge in [0.25, 0.3) is 0 Å². The van der Waals surface area contributed by atoms with Crippen molar-refractivity contribution in [3.63, 3.8) is 0 Å². The molecule has 0 radical (unpaired) electrons. The molecule has 114 valence electrons. The lowest BCUT2D eigenvalue weighted by molar-refractivity contribution is 0.384. The van der Waals surface area contributed by atoms with Crippen LogP contribution >= 0.6 is 27.5 Å². The van der Waals surface area contributed by atoms with Crippen molar-refractivity contribution < 1.29 is 8.81 Å². The van der Waals surface area contributed by atoms with Crippen LogP contribution in [-0.2, 0) is 6.54 Å². The van der Waals surface area contributed by atoms with Crippen LogP contribution in [0.25, 0.3) is 0 Å². The van der Waals surface area contributed by atoms with E-state index in [1.807, 2.05) is 20.8 Å². The Labute approximate surface area is 135 Å². The van der Waals surface area contributed by atoms with Gasteiger partial charge in [-0.05, 0) is 48.8 Å². The van der Waals surface area contributed by atoms with Crippen molar-refractivity contribution in [2.75, 3.05) is 5.32 Å². The van der Waals surface area contributed by atoms with Crippen molar-refractivity contribution in [1.82, 2.24) is 15.5 Å². The standard InChI is InChI=1S/C13H15BrClFN4O/c1-13(2,3)17-6-10-19-20-12(21-10)18-11-8(14)4-7(16)5-9(11)15/h4-5,17H,6H2,1-3H3,(H,18,20). The average molecular weight is 378 g/mol. The number of benzene rings is 1. The fraction of sp³-hybridized carbons (Fsp3) is 0.385. The Kier molecular flexibility index (Phi) is 4.85. The molecule has 0 aliphatic carbocycles. The monoisotopic (exact) mass is 376 g/mol. The lowest BCUT2D eigenvalue weighted by atomic mass is 10.1. The van der Waals surface area contributed by atoms with E-state index in [1.54, 1.807) is 0 Å². The molecule has 0 amide bonds. The van der Waals surface area contributed by atoms with E-state index in [2.05, 4.69) is 36.8 Å². The molecule has 0 aliphatic rings. The lowest BCUT2D eigenvalue weighted by Gasteiger charge is -2.18.